The van der Waals surface area contributed by atoms with Crippen LogP contribution in [0, 0.1) is 0 Å². The lowest BCUT2D eigenvalue weighted by atomic mass is 10.3. The Kier molecular flexibility index (Phi) is 5.79. The lowest BCUT2D eigenvalue weighted by Crippen LogP contribution is -2.09. The Morgan fingerprint density at radius 1 is 0.920 bits per heavy atom. The summed E-state index contributed by atoms with van der Waals surface area (Å²) in [6.07, 6.45) is 1.71. The van der Waals surface area contributed by atoms with Gasteiger partial charge in [-0.05, 0) is 42.5 Å². The summed E-state index contributed by atoms with van der Waals surface area (Å²) in [6, 6.07) is 19.1. The van der Waals surface area contributed by atoms with Gasteiger partial charge in [-0.25, -0.2) is 4.98 Å². The molecule has 3 aromatic rings. The van der Waals surface area contributed by atoms with Crippen molar-refractivity contribution in [1.82, 2.24) is 9.97 Å². The first-order chi connectivity index (χ1) is 12.3. The van der Waals surface area contributed by atoms with Crippen molar-refractivity contribution in [2.45, 2.75) is 0 Å². The van der Waals surface area contributed by atoms with Crippen molar-refractivity contribution in [3.8, 4) is 11.5 Å². The van der Waals surface area contributed by atoms with E-state index in [1.54, 1.807) is 13.3 Å². The highest BCUT2D eigenvalue weighted by atomic mass is 16.5. The van der Waals surface area contributed by atoms with E-state index in [0.29, 0.717) is 19.1 Å². The van der Waals surface area contributed by atoms with Crippen LogP contribution < -0.4 is 15.4 Å². The standard InChI is InChI=1S/C19H20N4O2/c1-24-14-13-20-18-11-12-21-19(23-18)22-15-7-9-17(10-8-15)25-16-5-3-2-4-6-16/h2-12H,13-14H2,1H3,(H2,20,21,22,23). The lowest BCUT2D eigenvalue weighted by molar-refractivity contribution is 0.210. The minimum atomic E-state index is 0.527. The van der Waals surface area contributed by atoms with E-state index >= 15 is 0 Å². The predicted octanol–water partition coefficient (Wildman–Crippen LogP) is 4.07. The predicted molar refractivity (Wildman–Crippen MR) is 98.6 cm³/mol. The van der Waals surface area contributed by atoms with Crippen molar-refractivity contribution in [3.05, 3.63) is 66.9 Å². The minimum absolute atomic E-state index is 0.527. The van der Waals surface area contributed by atoms with Gasteiger partial charge in [0.1, 0.15) is 17.3 Å². The third kappa shape index (κ3) is 5.19. The monoisotopic (exact) mass is 336 g/mol. The largest absolute Gasteiger partial charge is 0.457 e. The molecular formula is C19H20N4O2. The van der Waals surface area contributed by atoms with Crippen LogP contribution in [-0.2, 0) is 4.74 Å². The number of para-hydroxylation sites is 1. The smallest absolute Gasteiger partial charge is 0.229 e. The summed E-state index contributed by atoms with van der Waals surface area (Å²) >= 11 is 0. The van der Waals surface area contributed by atoms with Gasteiger partial charge in [0, 0.05) is 25.5 Å². The third-order valence-corrected chi connectivity index (χ3v) is 3.36. The van der Waals surface area contributed by atoms with Gasteiger partial charge in [0.2, 0.25) is 5.95 Å². The lowest BCUT2D eigenvalue weighted by Gasteiger charge is -2.09. The zero-order chi connectivity index (χ0) is 17.3. The van der Waals surface area contributed by atoms with E-state index in [9.17, 15) is 0 Å². The molecule has 6 nitrogen and oxygen atoms in total. The number of aromatic nitrogens is 2. The van der Waals surface area contributed by atoms with Crippen LogP contribution in [0.5, 0.6) is 11.5 Å². The van der Waals surface area contributed by atoms with Crippen LogP contribution in [0.2, 0.25) is 0 Å². The maximum atomic E-state index is 5.78. The summed E-state index contributed by atoms with van der Waals surface area (Å²) < 4.78 is 10.8. The molecular weight excluding hydrogens is 316 g/mol. The average Bonchev–Trinajstić information content (AvgIpc) is 2.65. The fourth-order valence-corrected chi connectivity index (χ4v) is 2.16. The van der Waals surface area contributed by atoms with Crippen LogP contribution in [0.25, 0.3) is 0 Å². The Bertz CT molecular complexity index is 779. The fraction of sp³-hybridized carbons (Fsp3) is 0.158. The van der Waals surface area contributed by atoms with Gasteiger partial charge in [-0.15, -0.1) is 0 Å². The summed E-state index contributed by atoms with van der Waals surface area (Å²) in [4.78, 5) is 8.64. The topological polar surface area (TPSA) is 68.3 Å². The summed E-state index contributed by atoms with van der Waals surface area (Å²) in [5.74, 6) is 2.85. The van der Waals surface area contributed by atoms with E-state index in [0.717, 1.165) is 23.0 Å². The molecule has 0 saturated heterocycles. The van der Waals surface area contributed by atoms with E-state index in [-0.39, 0.29) is 0 Å². The normalized spacial score (nSPS) is 10.3. The SMILES string of the molecule is COCCNc1ccnc(Nc2ccc(Oc3ccccc3)cc2)n1. The molecule has 1 heterocycles. The Balaban J connectivity index is 1.60. The molecule has 1 aromatic heterocycles. The fourth-order valence-electron chi connectivity index (χ4n) is 2.16. The highest BCUT2D eigenvalue weighted by molar-refractivity contribution is 5.56. The molecule has 2 N–H and O–H groups in total. The van der Waals surface area contributed by atoms with Gasteiger partial charge in [0.05, 0.1) is 6.61 Å². The van der Waals surface area contributed by atoms with Gasteiger partial charge in [-0.3, -0.25) is 0 Å². The molecule has 6 heteroatoms. The average molecular weight is 336 g/mol. The number of rotatable bonds is 8. The van der Waals surface area contributed by atoms with E-state index in [2.05, 4.69) is 20.6 Å². The van der Waals surface area contributed by atoms with Gasteiger partial charge in [0.25, 0.3) is 0 Å². The molecule has 0 aliphatic heterocycles. The summed E-state index contributed by atoms with van der Waals surface area (Å²) in [7, 11) is 1.67. The van der Waals surface area contributed by atoms with E-state index in [1.165, 1.54) is 0 Å². The molecule has 3 rings (SSSR count). The molecule has 25 heavy (non-hydrogen) atoms. The number of anilines is 3. The number of nitrogens with one attached hydrogen (secondary N) is 2. The second-order valence-electron chi connectivity index (χ2n) is 5.25. The van der Waals surface area contributed by atoms with Crippen molar-refractivity contribution in [2.75, 3.05) is 30.9 Å². The van der Waals surface area contributed by atoms with Crippen molar-refractivity contribution < 1.29 is 9.47 Å². The first kappa shape index (κ1) is 16.7. The van der Waals surface area contributed by atoms with Crippen LogP contribution in [0.15, 0.2) is 66.9 Å². The molecule has 0 spiro atoms. The Morgan fingerprint density at radius 2 is 1.68 bits per heavy atom. The van der Waals surface area contributed by atoms with Gasteiger partial charge in [-0.2, -0.15) is 4.98 Å². The highest BCUT2D eigenvalue weighted by Crippen LogP contribution is 2.23. The molecule has 2 aromatic carbocycles. The van der Waals surface area contributed by atoms with E-state index in [1.807, 2.05) is 60.7 Å². The van der Waals surface area contributed by atoms with Crippen molar-refractivity contribution >= 4 is 17.5 Å². The zero-order valence-corrected chi connectivity index (χ0v) is 14.0. The second kappa shape index (κ2) is 8.65. The van der Waals surface area contributed by atoms with Gasteiger partial charge in [0.15, 0.2) is 0 Å². The first-order valence-corrected chi connectivity index (χ1v) is 7.99. The van der Waals surface area contributed by atoms with Crippen LogP contribution >= 0.6 is 0 Å². The van der Waals surface area contributed by atoms with Crippen molar-refractivity contribution in [3.63, 3.8) is 0 Å². The van der Waals surface area contributed by atoms with Gasteiger partial charge in [-0.1, -0.05) is 18.2 Å². The van der Waals surface area contributed by atoms with Crippen LogP contribution in [0.3, 0.4) is 0 Å². The van der Waals surface area contributed by atoms with Crippen LogP contribution in [-0.4, -0.2) is 30.2 Å². The van der Waals surface area contributed by atoms with Crippen molar-refractivity contribution in [2.24, 2.45) is 0 Å². The molecule has 128 valence electrons. The highest BCUT2D eigenvalue weighted by Gasteiger charge is 2.01. The third-order valence-electron chi connectivity index (χ3n) is 3.36. The number of hydrogen-bond acceptors (Lipinski definition) is 6. The molecule has 0 aliphatic rings. The molecule has 0 radical (unpaired) electrons. The summed E-state index contributed by atoms with van der Waals surface area (Å²) in [6.45, 7) is 1.31. The Labute approximate surface area is 146 Å². The molecule has 0 bridgehead atoms. The molecule has 0 fully saturated rings. The first-order valence-electron chi connectivity index (χ1n) is 7.99. The summed E-state index contributed by atoms with van der Waals surface area (Å²) in [5, 5.41) is 6.35. The Morgan fingerprint density at radius 3 is 2.44 bits per heavy atom. The Hall–Kier alpha value is -3.12. The molecule has 0 atom stereocenters. The van der Waals surface area contributed by atoms with E-state index in [4.69, 9.17) is 9.47 Å². The van der Waals surface area contributed by atoms with Crippen LogP contribution in [0.4, 0.5) is 17.5 Å². The molecule has 0 unspecified atom stereocenters. The molecule has 0 aliphatic carbocycles. The molecule has 0 amide bonds. The quantitative estimate of drug-likeness (QED) is 0.604. The van der Waals surface area contributed by atoms with Gasteiger partial charge >= 0.3 is 0 Å². The maximum absolute atomic E-state index is 5.78. The van der Waals surface area contributed by atoms with Gasteiger partial charge < -0.3 is 20.1 Å². The number of ether oxygens (including phenoxy) is 2. The zero-order valence-electron chi connectivity index (χ0n) is 14.0. The second-order valence-corrected chi connectivity index (χ2v) is 5.25. The maximum Gasteiger partial charge on any atom is 0.229 e. The number of hydrogen-bond donors (Lipinski definition) is 2. The summed E-state index contributed by atoms with van der Waals surface area (Å²) in [5.41, 5.74) is 0.884. The minimum Gasteiger partial charge on any atom is -0.457 e. The van der Waals surface area contributed by atoms with Crippen LogP contribution in [0.1, 0.15) is 0 Å². The number of benzene rings is 2. The van der Waals surface area contributed by atoms with E-state index < -0.39 is 0 Å². The number of methoxy groups -OCH3 is 1. The molecule has 0 saturated carbocycles. The number of nitrogens with zero attached hydrogens (tertiary/aromatic N) is 2. The van der Waals surface area contributed by atoms with Crippen molar-refractivity contribution in [1.29, 1.82) is 0 Å².